The summed E-state index contributed by atoms with van der Waals surface area (Å²) in [7, 11) is 0. The van der Waals surface area contributed by atoms with E-state index in [1.807, 2.05) is 0 Å². The van der Waals surface area contributed by atoms with Crippen molar-refractivity contribution < 1.29 is 0 Å². The van der Waals surface area contributed by atoms with Gasteiger partial charge in [-0.2, -0.15) is 0 Å². The Balaban J connectivity index is 1.59. The highest BCUT2D eigenvalue weighted by Gasteiger charge is 2.32. The largest absolute Gasteiger partial charge is 0.311 e. The molecule has 1 saturated heterocycles. The zero-order valence-corrected chi connectivity index (χ0v) is 13.6. The van der Waals surface area contributed by atoms with Crippen molar-refractivity contribution in [1.82, 2.24) is 10.2 Å². The monoisotopic (exact) mass is 286 g/mol. The fraction of sp³-hybridized carbons (Fsp3) is 0.684. The van der Waals surface area contributed by atoms with Gasteiger partial charge in [0.05, 0.1) is 0 Å². The van der Waals surface area contributed by atoms with Gasteiger partial charge in [0, 0.05) is 31.2 Å². The molecule has 21 heavy (non-hydrogen) atoms. The van der Waals surface area contributed by atoms with Crippen LogP contribution in [0.25, 0.3) is 0 Å². The zero-order valence-electron chi connectivity index (χ0n) is 13.6. The summed E-state index contributed by atoms with van der Waals surface area (Å²) in [6.07, 6.45) is 6.82. The van der Waals surface area contributed by atoms with Crippen molar-refractivity contribution in [2.45, 2.75) is 64.1 Å². The van der Waals surface area contributed by atoms with Gasteiger partial charge in [-0.05, 0) is 50.5 Å². The van der Waals surface area contributed by atoms with E-state index in [-0.39, 0.29) is 0 Å². The molecule has 1 saturated carbocycles. The molecular formula is C19H30N2. The van der Waals surface area contributed by atoms with Crippen molar-refractivity contribution in [1.29, 1.82) is 0 Å². The first kappa shape index (κ1) is 15.1. The van der Waals surface area contributed by atoms with Gasteiger partial charge in [-0.1, -0.05) is 37.3 Å². The van der Waals surface area contributed by atoms with Crippen LogP contribution in [0, 0.1) is 5.92 Å². The van der Waals surface area contributed by atoms with Crippen LogP contribution in [0.2, 0.25) is 0 Å². The lowest BCUT2D eigenvalue weighted by atomic mass is 9.85. The van der Waals surface area contributed by atoms with Crippen molar-refractivity contribution >= 4 is 0 Å². The average Bonchev–Trinajstić information content (AvgIpc) is 2.51. The Hall–Kier alpha value is -0.860. The summed E-state index contributed by atoms with van der Waals surface area (Å²) in [6.45, 7) is 7.16. The molecule has 116 valence electrons. The highest BCUT2D eigenvalue weighted by Crippen LogP contribution is 2.29. The minimum atomic E-state index is 0.614. The topological polar surface area (TPSA) is 15.3 Å². The highest BCUT2D eigenvalue weighted by atomic mass is 15.2. The summed E-state index contributed by atoms with van der Waals surface area (Å²) in [6, 6.07) is 13.1. The Kier molecular flexibility index (Phi) is 4.97. The molecule has 2 atom stereocenters. The average molecular weight is 286 g/mol. The number of piperazine rings is 1. The molecule has 2 nitrogen and oxygen atoms in total. The van der Waals surface area contributed by atoms with E-state index >= 15 is 0 Å². The smallest absolute Gasteiger partial charge is 0.0236 e. The van der Waals surface area contributed by atoms with E-state index in [0.29, 0.717) is 12.1 Å². The van der Waals surface area contributed by atoms with Crippen LogP contribution in [0.15, 0.2) is 30.3 Å². The Bertz CT molecular complexity index is 422. The van der Waals surface area contributed by atoms with Crippen LogP contribution in [-0.4, -0.2) is 36.1 Å². The molecule has 2 aliphatic rings. The van der Waals surface area contributed by atoms with E-state index in [2.05, 4.69) is 54.4 Å². The molecule has 2 heteroatoms. The van der Waals surface area contributed by atoms with Gasteiger partial charge in [0.2, 0.25) is 0 Å². The second-order valence-electron chi connectivity index (χ2n) is 7.25. The molecule has 0 radical (unpaired) electrons. The Labute approximate surface area is 129 Å². The fourth-order valence-electron chi connectivity index (χ4n) is 4.07. The van der Waals surface area contributed by atoms with Gasteiger partial charge in [0.1, 0.15) is 0 Å². The predicted octanol–water partition coefficient (Wildman–Crippen LogP) is 3.47. The Morgan fingerprint density at radius 1 is 1.05 bits per heavy atom. The quantitative estimate of drug-likeness (QED) is 0.915. The van der Waals surface area contributed by atoms with E-state index in [1.54, 1.807) is 0 Å². The predicted molar refractivity (Wildman–Crippen MR) is 89.5 cm³/mol. The number of benzene rings is 1. The summed E-state index contributed by atoms with van der Waals surface area (Å²) in [5, 5.41) is 3.75. The lowest BCUT2D eigenvalue weighted by molar-refractivity contribution is 0.0623. The first-order chi connectivity index (χ1) is 10.2. The van der Waals surface area contributed by atoms with Crippen LogP contribution in [0.4, 0.5) is 0 Å². The van der Waals surface area contributed by atoms with Gasteiger partial charge in [-0.3, -0.25) is 4.90 Å². The molecule has 3 rings (SSSR count). The third-order valence-electron chi connectivity index (χ3n) is 5.48. The lowest BCUT2D eigenvalue weighted by Crippen LogP contribution is -2.59. The summed E-state index contributed by atoms with van der Waals surface area (Å²) in [5.74, 6) is 0.944. The molecular weight excluding hydrogens is 256 g/mol. The minimum Gasteiger partial charge on any atom is -0.311 e. The normalized spacial score (nSPS) is 34.8. The molecule has 2 unspecified atom stereocenters. The van der Waals surface area contributed by atoms with Crippen molar-refractivity contribution in [2.24, 2.45) is 5.92 Å². The molecule has 0 amide bonds. The molecule has 2 fully saturated rings. The van der Waals surface area contributed by atoms with Crippen LogP contribution in [0.1, 0.15) is 45.1 Å². The summed E-state index contributed by atoms with van der Waals surface area (Å²) in [4.78, 5) is 2.80. The molecule has 1 heterocycles. The summed E-state index contributed by atoms with van der Waals surface area (Å²) >= 11 is 0. The maximum Gasteiger partial charge on any atom is 0.0236 e. The molecule has 1 aromatic carbocycles. The van der Waals surface area contributed by atoms with Gasteiger partial charge in [0.15, 0.2) is 0 Å². The molecule has 0 aromatic heterocycles. The van der Waals surface area contributed by atoms with E-state index < -0.39 is 0 Å². The summed E-state index contributed by atoms with van der Waals surface area (Å²) in [5.41, 5.74) is 1.46. The molecule has 1 aliphatic heterocycles. The van der Waals surface area contributed by atoms with Gasteiger partial charge in [0.25, 0.3) is 0 Å². The van der Waals surface area contributed by atoms with Crippen molar-refractivity contribution in [3.8, 4) is 0 Å². The van der Waals surface area contributed by atoms with Crippen LogP contribution in [0.3, 0.4) is 0 Å². The molecule has 1 aromatic rings. The van der Waals surface area contributed by atoms with Crippen LogP contribution >= 0.6 is 0 Å². The van der Waals surface area contributed by atoms with Crippen LogP contribution < -0.4 is 5.32 Å². The number of nitrogens with zero attached hydrogens (tertiary/aromatic N) is 1. The van der Waals surface area contributed by atoms with Gasteiger partial charge in [-0.15, -0.1) is 0 Å². The number of rotatable bonds is 3. The van der Waals surface area contributed by atoms with E-state index in [4.69, 9.17) is 0 Å². The lowest BCUT2D eigenvalue weighted by Gasteiger charge is -2.45. The van der Waals surface area contributed by atoms with E-state index in [0.717, 1.165) is 24.9 Å². The third-order valence-corrected chi connectivity index (χ3v) is 5.48. The second kappa shape index (κ2) is 6.93. The summed E-state index contributed by atoms with van der Waals surface area (Å²) < 4.78 is 0. The molecule has 0 bridgehead atoms. The fourth-order valence-corrected chi connectivity index (χ4v) is 4.07. The zero-order chi connectivity index (χ0) is 14.7. The minimum absolute atomic E-state index is 0.614. The van der Waals surface area contributed by atoms with Crippen molar-refractivity contribution in [3.05, 3.63) is 35.9 Å². The Morgan fingerprint density at radius 3 is 2.48 bits per heavy atom. The second-order valence-corrected chi connectivity index (χ2v) is 7.25. The van der Waals surface area contributed by atoms with E-state index in [9.17, 15) is 0 Å². The number of hydrogen-bond donors (Lipinski definition) is 1. The van der Waals surface area contributed by atoms with Gasteiger partial charge >= 0.3 is 0 Å². The molecule has 1 aliphatic carbocycles. The van der Waals surface area contributed by atoms with E-state index in [1.165, 1.54) is 37.8 Å². The third kappa shape index (κ3) is 3.87. The first-order valence-corrected chi connectivity index (χ1v) is 8.75. The van der Waals surface area contributed by atoms with Gasteiger partial charge < -0.3 is 5.32 Å². The Morgan fingerprint density at radius 2 is 1.76 bits per heavy atom. The van der Waals surface area contributed by atoms with Crippen LogP contribution in [-0.2, 0) is 6.42 Å². The SMILES string of the molecule is CC1CCC(N2CC(Cc3ccccc3)NCC2C)CC1. The van der Waals surface area contributed by atoms with Crippen molar-refractivity contribution in [3.63, 3.8) is 0 Å². The number of nitrogens with one attached hydrogen (secondary N) is 1. The van der Waals surface area contributed by atoms with Crippen molar-refractivity contribution in [2.75, 3.05) is 13.1 Å². The first-order valence-electron chi connectivity index (χ1n) is 8.75. The number of hydrogen-bond acceptors (Lipinski definition) is 2. The highest BCUT2D eigenvalue weighted by molar-refractivity contribution is 5.16. The molecule has 1 N–H and O–H groups in total. The molecule has 0 spiro atoms. The maximum atomic E-state index is 3.75. The maximum absolute atomic E-state index is 3.75. The standard InChI is InChI=1S/C19H30N2/c1-15-8-10-19(11-9-15)21-14-18(20-13-16(21)2)12-17-6-4-3-5-7-17/h3-7,15-16,18-20H,8-14H2,1-2H3. The van der Waals surface area contributed by atoms with Crippen LogP contribution in [0.5, 0.6) is 0 Å². The van der Waals surface area contributed by atoms with Gasteiger partial charge in [-0.25, -0.2) is 0 Å².